The summed E-state index contributed by atoms with van der Waals surface area (Å²) < 4.78 is 13.6. The Kier molecular flexibility index (Phi) is 5.86. The van der Waals surface area contributed by atoms with Gasteiger partial charge in [0.25, 0.3) is 5.91 Å². The summed E-state index contributed by atoms with van der Waals surface area (Å²) in [7, 11) is 0. The maximum Gasteiger partial charge on any atom is 0.254 e. The summed E-state index contributed by atoms with van der Waals surface area (Å²) >= 11 is 0. The Bertz CT molecular complexity index is 1000. The van der Waals surface area contributed by atoms with Gasteiger partial charge in [0.05, 0.1) is 11.8 Å². The standard InChI is InChI=1S/C24H28N4O3/c29-24(27-12-10-26(11-13-27)17-22-7-4-14-30-22)19-5-3-6-21(15-19)31-18-20-16-28-9-2-1-8-23(28)25-20/h1-3,5-6,8-9,15-16,22H,4,7,10-14,17-18H2/t22-/m0/s1. The maximum atomic E-state index is 13.0. The largest absolute Gasteiger partial charge is 0.487 e. The van der Waals surface area contributed by atoms with Crippen LogP contribution in [0.2, 0.25) is 0 Å². The van der Waals surface area contributed by atoms with E-state index in [9.17, 15) is 4.79 Å². The van der Waals surface area contributed by atoms with Crippen LogP contribution in [-0.2, 0) is 11.3 Å². The number of hydrogen-bond acceptors (Lipinski definition) is 5. The van der Waals surface area contributed by atoms with Crippen molar-refractivity contribution < 1.29 is 14.3 Å². The smallest absolute Gasteiger partial charge is 0.254 e. The summed E-state index contributed by atoms with van der Waals surface area (Å²) in [5, 5.41) is 0. The molecule has 1 aromatic carbocycles. The van der Waals surface area contributed by atoms with Crippen LogP contribution in [0.15, 0.2) is 54.9 Å². The molecule has 3 aromatic rings. The van der Waals surface area contributed by atoms with Crippen LogP contribution in [0.5, 0.6) is 5.75 Å². The summed E-state index contributed by atoms with van der Waals surface area (Å²) in [5.74, 6) is 0.745. The number of rotatable bonds is 6. The molecule has 7 nitrogen and oxygen atoms in total. The minimum atomic E-state index is 0.0648. The predicted octanol–water partition coefficient (Wildman–Crippen LogP) is 2.85. The molecular weight excluding hydrogens is 392 g/mol. The van der Waals surface area contributed by atoms with Gasteiger partial charge in [-0.25, -0.2) is 4.98 Å². The van der Waals surface area contributed by atoms with Gasteiger partial charge in [-0.2, -0.15) is 0 Å². The number of hydrogen-bond donors (Lipinski definition) is 0. The molecule has 0 spiro atoms. The summed E-state index contributed by atoms with van der Waals surface area (Å²) in [4.78, 5) is 21.9. The Morgan fingerprint density at radius 2 is 2.03 bits per heavy atom. The van der Waals surface area contributed by atoms with Gasteiger partial charge in [-0.3, -0.25) is 9.69 Å². The molecule has 1 amide bonds. The molecule has 7 heteroatoms. The van der Waals surface area contributed by atoms with Gasteiger partial charge in [0.1, 0.15) is 18.0 Å². The van der Waals surface area contributed by atoms with E-state index in [2.05, 4.69) is 9.88 Å². The van der Waals surface area contributed by atoms with Crippen molar-refractivity contribution in [3.05, 3.63) is 66.1 Å². The summed E-state index contributed by atoms with van der Waals surface area (Å²) in [6.45, 7) is 5.52. The molecule has 0 aliphatic carbocycles. The number of amides is 1. The first-order valence-electron chi connectivity index (χ1n) is 11.0. The van der Waals surface area contributed by atoms with Crippen LogP contribution in [0.1, 0.15) is 28.9 Å². The highest BCUT2D eigenvalue weighted by molar-refractivity contribution is 5.94. The molecule has 1 atom stereocenters. The van der Waals surface area contributed by atoms with Gasteiger partial charge < -0.3 is 18.8 Å². The third kappa shape index (κ3) is 4.73. The molecule has 2 aliphatic rings. The van der Waals surface area contributed by atoms with E-state index in [1.807, 2.05) is 64.2 Å². The zero-order valence-corrected chi connectivity index (χ0v) is 17.7. The van der Waals surface area contributed by atoms with Gasteiger partial charge in [0, 0.05) is 57.3 Å². The molecule has 0 unspecified atom stereocenters. The van der Waals surface area contributed by atoms with Crippen LogP contribution < -0.4 is 4.74 Å². The van der Waals surface area contributed by atoms with E-state index in [0.29, 0.717) is 24.0 Å². The van der Waals surface area contributed by atoms with Crippen molar-refractivity contribution in [2.24, 2.45) is 0 Å². The third-order valence-corrected chi connectivity index (χ3v) is 6.03. The number of imidazole rings is 1. The van der Waals surface area contributed by atoms with Crippen LogP contribution >= 0.6 is 0 Å². The number of fused-ring (bicyclic) bond motifs is 1. The van der Waals surface area contributed by atoms with E-state index in [1.165, 1.54) is 6.42 Å². The number of piperazine rings is 1. The van der Waals surface area contributed by atoms with E-state index in [0.717, 1.165) is 57.1 Å². The average Bonchev–Trinajstić information content (AvgIpc) is 3.47. The lowest BCUT2D eigenvalue weighted by Gasteiger charge is -2.35. The number of aromatic nitrogens is 2. The summed E-state index contributed by atoms with van der Waals surface area (Å²) in [6, 6.07) is 13.3. The lowest BCUT2D eigenvalue weighted by molar-refractivity contribution is 0.0432. The molecule has 2 saturated heterocycles. The molecule has 0 radical (unpaired) electrons. The van der Waals surface area contributed by atoms with Gasteiger partial charge in [0.15, 0.2) is 0 Å². The van der Waals surface area contributed by atoms with Crippen molar-refractivity contribution in [3.63, 3.8) is 0 Å². The fraction of sp³-hybridized carbons (Fsp3) is 0.417. The van der Waals surface area contributed by atoms with Crippen molar-refractivity contribution >= 4 is 11.6 Å². The van der Waals surface area contributed by atoms with E-state index >= 15 is 0 Å². The highest BCUT2D eigenvalue weighted by atomic mass is 16.5. The molecular formula is C24H28N4O3. The molecule has 2 aliphatic heterocycles. The number of benzene rings is 1. The summed E-state index contributed by atoms with van der Waals surface area (Å²) in [6.07, 6.45) is 6.61. The summed E-state index contributed by atoms with van der Waals surface area (Å²) in [5.41, 5.74) is 2.41. The Labute approximate surface area is 182 Å². The quantitative estimate of drug-likeness (QED) is 0.614. The van der Waals surface area contributed by atoms with Crippen molar-refractivity contribution in [1.29, 1.82) is 0 Å². The number of pyridine rings is 1. The van der Waals surface area contributed by atoms with Crippen molar-refractivity contribution in [2.75, 3.05) is 39.3 Å². The lowest BCUT2D eigenvalue weighted by Crippen LogP contribution is -2.50. The van der Waals surface area contributed by atoms with Crippen LogP contribution in [0.3, 0.4) is 0 Å². The molecule has 2 aromatic heterocycles. The fourth-order valence-corrected chi connectivity index (χ4v) is 4.33. The van der Waals surface area contributed by atoms with Crippen molar-refractivity contribution in [1.82, 2.24) is 19.2 Å². The molecule has 5 rings (SSSR count). The zero-order valence-electron chi connectivity index (χ0n) is 17.7. The number of carbonyl (C=O) groups excluding carboxylic acids is 1. The number of carbonyl (C=O) groups is 1. The van der Waals surface area contributed by atoms with Crippen LogP contribution in [0.4, 0.5) is 0 Å². The van der Waals surface area contributed by atoms with Crippen molar-refractivity contribution in [3.8, 4) is 5.75 Å². The molecule has 2 fully saturated rings. The molecule has 31 heavy (non-hydrogen) atoms. The Morgan fingerprint density at radius 3 is 2.84 bits per heavy atom. The van der Waals surface area contributed by atoms with Gasteiger partial charge in [0.2, 0.25) is 0 Å². The number of ether oxygens (including phenoxy) is 2. The average molecular weight is 421 g/mol. The van der Waals surface area contributed by atoms with Crippen LogP contribution in [0, 0.1) is 0 Å². The van der Waals surface area contributed by atoms with E-state index in [4.69, 9.17) is 9.47 Å². The predicted molar refractivity (Wildman–Crippen MR) is 117 cm³/mol. The van der Waals surface area contributed by atoms with E-state index in [-0.39, 0.29) is 5.91 Å². The Morgan fingerprint density at radius 1 is 1.13 bits per heavy atom. The van der Waals surface area contributed by atoms with Crippen LogP contribution in [0.25, 0.3) is 5.65 Å². The number of nitrogens with zero attached hydrogens (tertiary/aromatic N) is 4. The minimum absolute atomic E-state index is 0.0648. The topological polar surface area (TPSA) is 59.3 Å². The minimum Gasteiger partial charge on any atom is -0.487 e. The normalized spacial score (nSPS) is 19.7. The van der Waals surface area contributed by atoms with Gasteiger partial charge in [-0.1, -0.05) is 12.1 Å². The first kappa shape index (κ1) is 20.0. The molecule has 0 saturated carbocycles. The Hall–Kier alpha value is -2.90. The van der Waals surface area contributed by atoms with Crippen molar-refractivity contribution in [2.45, 2.75) is 25.6 Å². The highest BCUT2D eigenvalue weighted by Crippen LogP contribution is 2.19. The zero-order chi connectivity index (χ0) is 21.0. The second-order valence-corrected chi connectivity index (χ2v) is 8.24. The molecule has 162 valence electrons. The molecule has 4 heterocycles. The molecule has 0 N–H and O–H groups in total. The van der Waals surface area contributed by atoms with E-state index < -0.39 is 0 Å². The fourth-order valence-electron chi connectivity index (χ4n) is 4.33. The van der Waals surface area contributed by atoms with Gasteiger partial charge in [-0.15, -0.1) is 0 Å². The van der Waals surface area contributed by atoms with Crippen LogP contribution in [-0.4, -0.2) is 70.5 Å². The second-order valence-electron chi connectivity index (χ2n) is 8.24. The monoisotopic (exact) mass is 420 g/mol. The Balaban J connectivity index is 1.16. The third-order valence-electron chi connectivity index (χ3n) is 6.03. The highest BCUT2D eigenvalue weighted by Gasteiger charge is 2.25. The first-order valence-corrected chi connectivity index (χ1v) is 11.0. The van der Waals surface area contributed by atoms with E-state index in [1.54, 1.807) is 0 Å². The SMILES string of the molecule is O=C(c1cccc(OCc2cn3ccccc3n2)c1)N1CCN(C[C@@H]2CCCO2)CC1. The second kappa shape index (κ2) is 9.08. The lowest BCUT2D eigenvalue weighted by atomic mass is 10.1. The van der Waals surface area contributed by atoms with Gasteiger partial charge in [-0.05, 0) is 43.2 Å². The molecule has 0 bridgehead atoms. The van der Waals surface area contributed by atoms with Gasteiger partial charge >= 0.3 is 0 Å². The maximum absolute atomic E-state index is 13.0. The first-order chi connectivity index (χ1) is 15.2.